The predicted molar refractivity (Wildman–Crippen MR) is 118 cm³/mol. The Morgan fingerprint density at radius 1 is 1.03 bits per heavy atom. The van der Waals surface area contributed by atoms with Crippen molar-refractivity contribution in [3.8, 4) is 22.8 Å². The average Bonchev–Trinajstić information content (AvgIpc) is 2.77. The van der Waals surface area contributed by atoms with Gasteiger partial charge in [-0.3, -0.25) is 9.78 Å². The molecule has 1 saturated heterocycles. The number of hydrogen-bond acceptors (Lipinski definition) is 6. The first-order valence-corrected chi connectivity index (χ1v) is 9.91. The molecule has 3 aromatic rings. The minimum absolute atomic E-state index is 0.436. The maximum Gasteiger partial charge on any atom is 0.315 e. The Bertz CT molecular complexity index is 1010. The van der Waals surface area contributed by atoms with Crippen molar-refractivity contribution in [2.24, 2.45) is 0 Å². The van der Waals surface area contributed by atoms with E-state index in [4.69, 9.17) is 4.74 Å². The SMILES string of the molecule is Cc1nc(N[C]=O)ccc1Oc1ccnc(-c2ccc(N3CCN(C)CC3)cc2)c1. The molecule has 1 radical (unpaired) electrons. The molecule has 1 amide bonds. The van der Waals surface area contributed by atoms with Crippen LogP contribution in [-0.2, 0) is 4.79 Å². The molecule has 0 saturated carbocycles. The number of ether oxygens (including phenoxy) is 1. The van der Waals surface area contributed by atoms with Gasteiger partial charge in [0.2, 0.25) is 0 Å². The van der Waals surface area contributed by atoms with E-state index in [0.29, 0.717) is 23.0 Å². The van der Waals surface area contributed by atoms with Gasteiger partial charge in [-0.25, -0.2) is 4.98 Å². The van der Waals surface area contributed by atoms with Crippen LogP contribution in [-0.4, -0.2) is 54.5 Å². The molecule has 1 N–H and O–H groups in total. The highest BCUT2D eigenvalue weighted by Crippen LogP contribution is 2.29. The van der Waals surface area contributed by atoms with Gasteiger partial charge in [-0.05, 0) is 44.3 Å². The number of anilines is 2. The van der Waals surface area contributed by atoms with Crippen LogP contribution in [0.3, 0.4) is 0 Å². The number of nitrogens with zero attached hydrogens (tertiary/aromatic N) is 4. The molecule has 0 bridgehead atoms. The fourth-order valence-corrected chi connectivity index (χ4v) is 3.45. The zero-order valence-corrected chi connectivity index (χ0v) is 17.1. The number of benzene rings is 1. The van der Waals surface area contributed by atoms with Crippen LogP contribution in [0, 0.1) is 6.92 Å². The molecule has 0 atom stereocenters. The topological polar surface area (TPSA) is 70.6 Å². The minimum Gasteiger partial charge on any atom is -0.455 e. The van der Waals surface area contributed by atoms with Gasteiger partial charge >= 0.3 is 6.41 Å². The third-order valence-corrected chi connectivity index (χ3v) is 5.21. The van der Waals surface area contributed by atoms with Crippen LogP contribution in [0.15, 0.2) is 54.7 Å². The van der Waals surface area contributed by atoms with Crippen molar-refractivity contribution in [3.63, 3.8) is 0 Å². The van der Waals surface area contributed by atoms with E-state index >= 15 is 0 Å². The number of hydrogen-bond donors (Lipinski definition) is 1. The number of carbonyl (C=O) groups excluding carboxylic acids is 1. The number of nitrogens with one attached hydrogen (secondary N) is 1. The van der Waals surface area contributed by atoms with Crippen LogP contribution in [0.2, 0.25) is 0 Å². The number of rotatable bonds is 6. The molecule has 1 fully saturated rings. The summed E-state index contributed by atoms with van der Waals surface area (Å²) >= 11 is 0. The number of pyridine rings is 2. The number of piperazine rings is 1. The molecule has 1 aromatic carbocycles. The molecule has 0 aliphatic carbocycles. The van der Waals surface area contributed by atoms with Crippen molar-refractivity contribution in [2.45, 2.75) is 6.92 Å². The molecular formula is C23H24N5O2. The van der Waals surface area contributed by atoms with Crippen molar-refractivity contribution in [1.82, 2.24) is 14.9 Å². The molecule has 3 heterocycles. The summed E-state index contributed by atoms with van der Waals surface area (Å²) in [6, 6.07) is 15.7. The second-order valence-electron chi connectivity index (χ2n) is 7.32. The molecular weight excluding hydrogens is 378 g/mol. The molecule has 7 nitrogen and oxygen atoms in total. The highest BCUT2D eigenvalue weighted by atomic mass is 16.5. The summed E-state index contributed by atoms with van der Waals surface area (Å²) in [6.07, 6.45) is 3.35. The fraction of sp³-hybridized carbons (Fsp3) is 0.261. The standard InChI is InChI=1S/C23H24N5O2/c1-17-22(7-8-23(26-17)25-16-29)30-20-9-10-24-21(15-20)18-3-5-19(6-4-18)28-13-11-27(2)12-14-28/h3-10,15H,11-14H2,1-2H3,(H,25,26,29). The Kier molecular flexibility index (Phi) is 5.90. The van der Waals surface area contributed by atoms with Crippen molar-refractivity contribution >= 4 is 17.9 Å². The van der Waals surface area contributed by atoms with E-state index in [9.17, 15) is 4.79 Å². The first-order chi connectivity index (χ1) is 14.6. The van der Waals surface area contributed by atoms with E-state index in [1.807, 2.05) is 19.1 Å². The van der Waals surface area contributed by atoms with E-state index < -0.39 is 0 Å². The number of aromatic nitrogens is 2. The smallest absolute Gasteiger partial charge is 0.315 e. The van der Waals surface area contributed by atoms with E-state index in [1.165, 1.54) is 5.69 Å². The number of amides is 1. The van der Waals surface area contributed by atoms with Crippen molar-refractivity contribution in [2.75, 3.05) is 43.4 Å². The van der Waals surface area contributed by atoms with Crippen LogP contribution in [0.4, 0.5) is 11.5 Å². The quantitative estimate of drug-likeness (QED) is 0.637. The zero-order valence-electron chi connectivity index (χ0n) is 17.1. The van der Waals surface area contributed by atoms with Gasteiger partial charge in [-0.2, -0.15) is 0 Å². The summed E-state index contributed by atoms with van der Waals surface area (Å²) < 4.78 is 5.99. The summed E-state index contributed by atoms with van der Waals surface area (Å²) in [5, 5.41) is 2.41. The van der Waals surface area contributed by atoms with E-state index in [1.54, 1.807) is 24.7 Å². The van der Waals surface area contributed by atoms with Crippen LogP contribution in [0.1, 0.15) is 5.69 Å². The maximum atomic E-state index is 10.4. The van der Waals surface area contributed by atoms with E-state index in [0.717, 1.165) is 37.4 Å². The molecule has 153 valence electrons. The average molecular weight is 402 g/mol. The van der Waals surface area contributed by atoms with Gasteiger partial charge in [0.1, 0.15) is 17.3 Å². The Hall–Kier alpha value is -3.45. The third-order valence-electron chi connectivity index (χ3n) is 5.21. The van der Waals surface area contributed by atoms with Gasteiger partial charge in [-0.15, -0.1) is 0 Å². The molecule has 1 aliphatic heterocycles. The van der Waals surface area contributed by atoms with Crippen LogP contribution in [0.5, 0.6) is 11.5 Å². The Morgan fingerprint density at radius 2 is 1.80 bits per heavy atom. The lowest BCUT2D eigenvalue weighted by molar-refractivity contribution is 0.313. The normalized spacial score (nSPS) is 14.4. The van der Waals surface area contributed by atoms with Gasteiger partial charge in [0.05, 0.1) is 11.4 Å². The molecule has 7 heteroatoms. The van der Waals surface area contributed by atoms with Gasteiger partial charge < -0.3 is 19.9 Å². The lowest BCUT2D eigenvalue weighted by Gasteiger charge is -2.34. The van der Waals surface area contributed by atoms with E-state index in [-0.39, 0.29) is 0 Å². The van der Waals surface area contributed by atoms with Crippen molar-refractivity contribution < 1.29 is 9.53 Å². The van der Waals surface area contributed by atoms with Gasteiger partial charge in [0, 0.05) is 49.7 Å². The molecule has 4 rings (SSSR count). The largest absolute Gasteiger partial charge is 0.455 e. The summed E-state index contributed by atoms with van der Waals surface area (Å²) in [5.41, 5.74) is 3.79. The second kappa shape index (κ2) is 8.92. The third kappa shape index (κ3) is 4.58. The molecule has 0 unspecified atom stereocenters. The van der Waals surface area contributed by atoms with E-state index in [2.05, 4.69) is 56.4 Å². The lowest BCUT2D eigenvalue weighted by atomic mass is 10.1. The molecule has 1 aliphatic rings. The van der Waals surface area contributed by atoms with Crippen molar-refractivity contribution in [1.29, 1.82) is 0 Å². The predicted octanol–water partition coefficient (Wildman–Crippen LogP) is 3.48. The summed E-state index contributed by atoms with van der Waals surface area (Å²) in [6.45, 7) is 6.08. The van der Waals surface area contributed by atoms with Crippen LogP contribution < -0.4 is 15.0 Å². The maximum absolute atomic E-state index is 10.4. The minimum atomic E-state index is 0.436. The highest BCUT2D eigenvalue weighted by Gasteiger charge is 2.14. The van der Waals surface area contributed by atoms with Gasteiger partial charge in [0.25, 0.3) is 0 Å². The monoisotopic (exact) mass is 402 g/mol. The van der Waals surface area contributed by atoms with Crippen LogP contribution in [0.25, 0.3) is 11.3 Å². The number of likely N-dealkylation sites (N-methyl/N-ethyl adjacent to an activating group) is 1. The molecule has 2 aromatic heterocycles. The lowest BCUT2D eigenvalue weighted by Crippen LogP contribution is -2.44. The Labute approximate surface area is 176 Å². The molecule has 0 spiro atoms. The first kappa shape index (κ1) is 19.8. The van der Waals surface area contributed by atoms with Gasteiger partial charge in [-0.1, -0.05) is 12.1 Å². The fourth-order valence-electron chi connectivity index (χ4n) is 3.45. The first-order valence-electron chi connectivity index (χ1n) is 9.91. The van der Waals surface area contributed by atoms with Crippen molar-refractivity contribution in [3.05, 3.63) is 60.4 Å². The van der Waals surface area contributed by atoms with Crippen LogP contribution >= 0.6 is 0 Å². The molecule has 30 heavy (non-hydrogen) atoms. The summed E-state index contributed by atoms with van der Waals surface area (Å²) in [5.74, 6) is 1.73. The Balaban J connectivity index is 1.49. The summed E-state index contributed by atoms with van der Waals surface area (Å²) in [4.78, 5) is 24.0. The highest BCUT2D eigenvalue weighted by molar-refractivity contribution is 5.69. The second-order valence-corrected chi connectivity index (χ2v) is 7.32. The number of aryl methyl sites for hydroxylation is 1. The summed E-state index contributed by atoms with van der Waals surface area (Å²) in [7, 11) is 2.16. The Morgan fingerprint density at radius 3 is 2.50 bits per heavy atom. The zero-order chi connectivity index (χ0) is 20.9. The van der Waals surface area contributed by atoms with Gasteiger partial charge in [0.15, 0.2) is 0 Å².